The van der Waals surface area contributed by atoms with Crippen LogP contribution < -0.4 is 10.9 Å². The topological polar surface area (TPSA) is 94.1 Å². The summed E-state index contributed by atoms with van der Waals surface area (Å²) in [6.45, 7) is 6.00. The van der Waals surface area contributed by atoms with Gasteiger partial charge >= 0.3 is 0 Å². The van der Waals surface area contributed by atoms with Gasteiger partial charge in [0, 0.05) is 17.6 Å². The van der Waals surface area contributed by atoms with E-state index in [1.807, 2.05) is 13.8 Å². The van der Waals surface area contributed by atoms with E-state index in [0.29, 0.717) is 11.3 Å². The summed E-state index contributed by atoms with van der Waals surface area (Å²) in [5.74, 6) is 0.405. The molecule has 2 fully saturated rings. The number of likely N-dealkylation sites (tertiary alicyclic amines) is 1. The number of nitrogens with one attached hydrogen (secondary N) is 2. The number of piperidine rings is 1. The van der Waals surface area contributed by atoms with Crippen molar-refractivity contribution in [1.82, 2.24) is 19.9 Å². The first-order chi connectivity index (χ1) is 14.4. The summed E-state index contributed by atoms with van der Waals surface area (Å²) in [6.07, 6.45) is 5.21. The van der Waals surface area contributed by atoms with Gasteiger partial charge in [0.1, 0.15) is 5.65 Å². The van der Waals surface area contributed by atoms with Crippen LogP contribution in [0.1, 0.15) is 64.4 Å². The lowest BCUT2D eigenvalue weighted by molar-refractivity contribution is 0.150. The van der Waals surface area contributed by atoms with Crippen molar-refractivity contribution in [3.63, 3.8) is 0 Å². The summed E-state index contributed by atoms with van der Waals surface area (Å²) in [5, 5.41) is 12.4. The predicted octanol–water partition coefficient (Wildman–Crippen LogP) is 3.71. The number of hydrogen-bond donors (Lipinski definition) is 3. The van der Waals surface area contributed by atoms with Gasteiger partial charge in [0.15, 0.2) is 0 Å². The molecular formula is C21H33F2N5O2. The van der Waals surface area contributed by atoms with Gasteiger partial charge in [-0.1, -0.05) is 26.7 Å². The Bertz CT molecular complexity index is 832. The molecule has 2 aromatic rings. The highest BCUT2D eigenvalue weighted by Gasteiger charge is 2.18. The Morgan fingerprint density at radius 2 is 1.83 bits per heavy atom. The normalized spacial score (nSPS) is 18.0. The maximum Gasteiger partial charge on any atom is 0.269 e. The Kier molecular flexibility index (Phi) is 9.58. The maximum absolute atomic E-state index is 12.7. The predicted molar refractivity (Wildman–Crippen MR) is 115 cm³/mol. The lowest BCUT2D eigenvalue weighted by Crippen LogP contribution is -2.37. The van der Waals surface area contributed by atoms with Crippen LogP contribution >= 0.6 is 0 Å². The Hall–Kier alpha value is -2.13. The van der Waals surface area contributed by atoms with E-state index in [9.17, 15) is 13.6 Å². The van der Waals surface area contributed by atoms with Crippen LogP contribution in [0, 0.1) is 0 Å². The molecule has 0 unspecified atom stereocenters. The van der Waals surface area contributed by atoms with E-state index >= 15 is 0 Å². The molecule has 1 saturated heterocycles. The Morgan fingerprint density at radius 1 is 1.20 bits per heavy atom. The number of H-pyrrole nitrogens is 1. The quantitative estimate of drug-likeness (QED) is 0.694. The third-order valence-electron chi connectivity index (χ3n) is 5.23. The molecule has 2 aromatic heterocycles. The molecule has 9 heteroatoms. The molecule has 0 aromatic carbocycles. The average molecular weight is 426 g/mol. The molecular weight excluding hydrogens is 392 g/mol. The van der Waals surface area contributed by atoms with E-state index in [1.165, 1.54) is 19.0 Å². The van der Waals surface area contributed by atoms with Crippen molar-refractivity contribution >= 4 is 17.0 Å². The van der Waals surface area contributed by atoms with Gasteiger partial charge in [-0.05, 0) is 51.9 Å². The molecule has 7 nitrogen and oxygen atoms in total. The van der Waals surface area contributed by atoms with E-state index in [4.69, 9.17) is 5.11 Å². The summed E-state index contributed by atoms with van der Waals surface area (Å²) in [4.78, 5) is 24.6. The standard InChI is InChI=1S/C14H17F2N5O.C5H10O.C2H6/c1-21-4-2-9(3-5-21)18-14-17-7-8-6-10(11(15)16)13(22)19-12(8)20-14;6-5-3-1-2-4-5;1-2/h6-7,9,11H,2-5H2,1H3,(H2,17,18,19,20,22);5-6H,1-4H2;1-2H3. The monoisotopic (exact) mass is 425 g/mol. The molecule has 0 radical (unpaired) electrons. The van der Waals surface area contributed by atoms with Gasteiger partial charge in [-0.2, -0.15) is 4.98 Å². The number of aliphatic hydroxyl groups excluding tert-OH is 1. The van der Waals surface area contributed by atoms with Crippen molar-refractivity contribution in [3.8, 4) is 0 Å². The first-order valence-electron chi connectivity index (χ1n) is 10.7. The van der Waals surface area contributed by atoms with Gasteiger partial charge in [-0.3, -0.25) is 4.79 Å². The number of aromatic nitrogens is 3. The van der Waals surface area contributed by atoms with Crippen molar-refractivity contribution in [1.29, 1.82) is 0 Å². The summed E-state index contributed by atoms with van der Waals surface area (Å²) in [7, 11) is 2.08. The first-order valence-corrected chi connectivity index (χ1v) is 10.7. The van der Waals surface area contributed by atoms with Crippen LogP contribution in [-0.4, -0.2) is 57.2 Å². The van der Waals surface area contributed by atoms with Crippen LogP contribution in [0.3, 0.4) is 0 Å². The molecule has 1 aliphatic carbocycles. The molecule has 0 atom stereocenters. The fourth-order valence-corrected chi connectivity index (χ4v) is 3.48. The molecule has 0 spiro atoms. The molecule has 168 valence electrons. The lowest BCUT2D eigenvalue weighted by Gasteiger charge is -2.29. The van der Waals surface area contributed by atoms with Crippen molar-refractivity contribution in [2.24, 2.45) is 0 Å². The van der Waals surface area contributed by atoms with Gasteiger partial charge < -0.3 is 20.3 Å². The Labute approximate surface area is 175 Å². The largest absolute Gasteiger partial charge is 0.393 e. The fraction of sp³-hybridized carbons (Fsp3) is 0.667. The molecule has 3 N–H and O–H groups in total. The highest BCUT2D eigenvalue weighted by molar-refractivity contribution is 5.75. The highest BCUT2D eigenvalue weighted by Crippen LogP contribution is 2.19. The van der Waals surface area contributed by atoms with E-state index in [1.54, 1.807) is 0 Å². The zero-order valence-corrected chi connectivity index (χ0v) is 18.0. The number of aliphatic hydroxyl groups is 1. The molecule has 1 saturated carbocycles. The molecule has 3 heterocycles. The SMILES string of the molecule is CC.CN1CCC(Nc2ncc3cc(C(F)F)c(=O)[nH]c3n2)CC1.OC1CCCC1. The summed E-state index contributed by atoms with van der Waals surface area (Å²) >= 11 is 0. The summed E-state index contributed by atoms with van der Waals surface area (Å²) in [5.41, 5.74) is -1.11. The minimum absolute atomic E-state index is 0.0463. The maximum atomic E-state index is 12.7. The average Bonchev–Trinajstić information content (AvgIpc) is 3.22. The van der Waals surface area contributed by atoms with E-state index in [-0.39, 0.29) is 17.8 Å². The number of pyridine rings is 1. The van der Waals surface area contributed by atoms with Crippen molar-refractivity contribution in [2.75, 3.05) is 25.5 Å². The highest BCUT2D eigenvalue weighted by atomic mass is 19.3. The minimum Gasteiger partial charge on any atom is -0.393 e. The lowest BCUT2D eigenvalue weighted by atomic mass is 10.1. The molecule has 2 aliphatic rings. The third kappa shape index (κ3) is 6.98. The number of aromatic amines is 1. The van der Waals surface area contributed by atoms with Crippen LogP contribution in [0.4, 0.5) is 14.7 Å². The molecule has 0 amide bonds. The Balaban J connectivity index is 0.000000340. The van der Waals surface area contributed by atoms with Gasteiger partial charge in [0.05, 0.1) is 11.7 Å². The van der Waals surface area contributed by atoms with E-state index in [0.717, 1.165) is 44.8 Å². The third-order valence-corrected chi connectivity index (χ3v) is 5.23. The van der Waals surface area contributed by atoms with Crippen LogP contribution in [0.15, 0.2) is 17.1 Å². The second-order valence-corrected chi connectivity index (χ2v) is 7.51. The summed E-state index contributed by atoms with van der Waals surface area (Å²) in [6, 6.07) is 1.42. The number of alkyl halides is 2. The van der Waals surface area contributed by atoms with Crippen molar-refractivity contribution in [3.05, 3.63) is 28.2 Å². The fourth-order valence-electron chi connectivity index (χ4n) is 3.48. The number of rotatable bonds is 3. The Morgan fingerprint density at radius 3 is 2.37 bits per heavy atom. The number of fused-ring (bicyclic) bond motifs is 1. The minimum atomic E-state index is -2.81. The van der Waals surface area contributed by atoms with Gasteiger partial charge in [0.25, 0.3) is 12.0 Å². The van der Waals surface area contributed by atoms with Crippen LogP contribution in [0.5, 0.6) is 0 Å². The molecule has 30 heavy (non-hydrogen) atoms. The van der Waals surface area contributed by atoms with Crippen molar-refractivity contribution in [2.45, 2.75) is 70.9 Å². The molecule has 0 bridgehead atoms. The van der Waals surface area contributed by atoms with Gasteiger partial charge in [0.2, 0.25) is 5.95 Å². The van der Waals surface area contributed by atoms with E-state index < -0.39 is 17.5 Å². The van der Waals surface area contributed by atoms with Crippen LogP contribution in [0.2, 0.25) is 0 Å². The summed E-state index contributed by atoms with van der Waals surface area (Å²) < 4.78 is 25.4. The second kappa shape index (κ2) is 11.9. The van der Waals surface area contributed by atoms with Crippen LogP contribution in [-0.2, 0) is 0 Å². The van der Waals surface area contributed by atoms with Gasteiger partial charge in [-0.25, -0.2) is 13.8 Å². The first kappa shape index (κ1) is 24.1. The number of halogens is 2. The number of anilines is 1. The molecule has 4 rings (SSSR count). The van der Waals surface area contributed by atoms with Crippen molar-refractivity contribution < 1.29 is 13.9 Å². The smallest absolute Gasteiger partial charge is 0.269 e. The molecule has 1 aliphatic heterocycles. The number of hydrogen-bond acceptors (Lipinski definition) is 6. The van der Waals surface area contributed by atoms with Crippen LogP contribution in [0.25, 0.3) is 11.0 Å². The zero-order valence-electron chi connectivity index (χ0n) is 18.0. The van der Waals surface area contributed by atoms with Gasteiger partial charge in [-0.15, -0.1) is 0 Å². The second-order valence-electron chi connectivity index (χ2n) is 7.51. The van der Waals surface area contributed by atoms with E-state index in [2.05, 4.69) is 32.2 Å². The number of nitrogens with zero attached hydrogens (tertiary/aromatic N) is 3. The zero-order chi connectivity index (χ0) is 22.1.